The molecule has 178 valence electrons. The lowest BCUT2D eigenvalue weighted by Gasteiger charge is -2.09. The summed E-state index contributed by atoms with van der Waals surface area (Å²) < 4.78 is 31.7. The van der Waals surface area contributed by atoms with E-state index in [-0.39, 0.29) is 17.8 Å². The van der Waals surface area contributed by atoms with Gasteiger partial charge in [0.25, 0.3) is 5.91 Å². The van der Waals surface area contributed by atoms with Crippen LogP contribution in [0.5, 0.6) is 0 Å². The van der Waals surface area contributed by atoms with Crippen LogP contribution < -0.4 is 10.6 Å². The molecule has 4 rings (SSSR count). The Morgan fingerprint density at radius 2 is 1.88 bits per heavy atom. The Hall–Kier alpha value is -3.15. The Morgan fingerprint density at radius 3 is 2.59 bits per heavy atom. The molecule has 0 bridgehead atoms. The minimum absolute atomic E-state index is 0.00380. The van der Waals surface area contributed by atoms with Crippen LogP contribution in [0.4, 0.5) is 0 Å². The van der Waals surface area contributed by atoms with Crippen LogP contribution in [0.2, 0.25) is 0 Å². The first kappa shape index (κ1) is 24.0. The summed E-state index contributed by atoms with van der Waals surface area (Å²) in [7, 11) is -1.89. The minimum atomic E-state index is -3.62. The van der Waals surface area contributed by atoms with Gasteiger partial charge in [-0.25, -0.2) is 13.4 Å². The maximum absolute atomic E-state index is 12.6. The maximum Gasteiger partial charge on any atom is 0.251 e. The second-order valence-electron chi connectivity index (χ2n) is 8.22. The Labute approximate surface area is 201 Å². The third-order valence-corrected chi connectivity index (χ3v) is 7.48. The summed E-state index contributed by atoms with van der Waals surface area (Å²) in [4.78, 5) is 17.0. The highest BCUT2D eigenvalue weighted by molar-refractivity contribution is 7.91. The molecule has 1 amide bonds. The van der Waals surface area contributed by atoms with Crippen molar-refractivity contribution in [3.63, 3.8) is 0 Å². The van der Waals surface area contributed by atoms with Gasteiger partial charge in [0.15, 0.2) is 15.1 Å². The van der Waals surface area contributed by atoms with E-state index in [1.165, 1.54) is 11.3 Å². The van der Waals surface area contributed by atoms with E-state index in [0.717, 1.165) is 22.1 Å². The molecule has 2 heterocycles. The van der Waals surface area contributed by atoms with E-state index < -0.39 is 15.1 Å². The Bertz CT molecular complexity index is 1440. The molecule has 9 nitrogen and oxygen atoms in total. The van der Waals surface area contributed by atoms with Gasteiger partial charge >= 0.3 is 0 Å². The van der Waals surface area contributed by atoms with Crippen LogP contribution in [-0.4, -0.2) is 48.9 Å². The van der Waals surface area contributed by atoms with E-state index in [1.54, 1.807) is 13.1 Å². The molecular weight excluding hydrogens is 474 g/mol. The summed E-state index contributed by atoms with van der Waals surface area (Å²) in [5, 5.41) is 12.9. The smallest absolute Gasteiger partial charge is 0.251 e. The highest BCUT2D eigenvalue weighted by Gasteiger charge is 2.33. The van der Waals surface area contributed by atoms with Crippen molar-refractivity contribution < 1.29 is 17.6 Å². The van der Waals surface area contributed by atoms with Crippen LogP contribution >= 0.6 is 11.3 Å². The number of carbonyl (C=O) groups excluding carboxylic acids is 1. The number of fused-ring (bicyclic) bond motifs is 1. The van der Waals surface area contributed by atoms with Gasteiger partial charge in [0.1, 0.15) is 5.01 Å². The lowest BCUT2D eigenvalue weighted by Crippen LogP contribution is -2.30. The van der Waals surface area contributed by atoms with E-state index in [9.17, 15) is 13.2 Å². The molecule has 1 atom stereocenters. The molecule has 0 aliphatic heterocycles. The number of benzene rings is 2. The third-order valence-electron chi connectivity index (χ3n) is 4.97. The number of thiazole rings is 1. The molecule has 1 unspecified atom stereocenters. The SMILES string of the molecule is CNCc1nnc(C(c2nc3ccc(-c4cccc(C(=O)NC(C)C)c4)cc3s2)S(C)(=O)=O)o1. The monoisotopic (exact) mass is 499 g/mol. The van der Waals surface area contributed by atoms with Gasteiger partial charge in [-0.2, -0.15) is 0 Å². The van der Waals surface area contributed by atoms with Crippen molar-refractivity contribution in [3.05, 3.63) is 64.8 Å². The molecular formula is C23H25N5O4S2. The lowest BCUT2D eigenvalue weighted by atomic mass is 10.0. The molecule has 34 heavy (non-hydrogen) atoms. The molecule has 0 saturated heterocycles. The standard InChI is InChI=1S/C23H25N5O4S2/c1-13(2)25-21(29)16-7-5-6-14(10-16)15-8-9-17-18(11-15)33-23(26-17)20(34(4,30)31)22-28-27-19(32-22)12-24-3/h5-11,13,20,24H,12H2,1-4H3,(H,25,29). The first-order valence-electron chi connectivity index (χ1n) is 10.6. The predicted molar refractivity (Wildman–Crippen MR) is 131 cm³/mol. The molecule has 11 heteroatoms. The molecule has 0 fully saturated rings. The van der Waals surface area contributed by atoms with E-state index in [0.29, 0.717) is 28.5 Å². The van der Waals surface area contributed by atoms with Gasteiger partial charge in [0.05, 0.1) is 16.8 Å². The molecule has 4 aromatic rings. The molecule has 0 saturated carbocycles. The third kappa shape index (κ3) is 5.16. The zero-order chi connectivity index (χ0) is 24.5. The Kier molecular flexibility index (Phi) is 6.78. The van der Waals surface area contributed by atoms with Crippen LogP contribution in [0.25, 0.3) is 21.3 Å². The molecule has 2 aromatic heterocycles. The number of hydrogen-bond acceptors (Lipinski definition) is 9. The molecule has 2 N–H and O–H groups in total. The number of aromatic nitrogens is 3. The van der Waals surface area contributed by atoms with Gasteiger partial charge < -0.3 is 15.1 Å². The summed E-state index contributed by atoms with van der Waals surface area (Å²) in [5.74, 6) is 0.165. The fourth-order valence-corrected chi connectivity index (χ4v) is 6.02. The number of rotatable bonds is 8. The fourth-order valence-electron chi connectivity index (χ4n) is 3.49. The zero-order valence-electron chi connectivity index (χ0n) is 19.2. The van der Waals surface area contributed by atoms with Crippen molar-refractivity contribution >= 4 is 37.3 Å². The number of nitrogens with zero attached hydrogens (tertiary/aromatic N) is 3. The lowest BCUT2D eigenvalue weighted by molar-refractivity contribution is 0.0943. The van der Waals surface area contributed by atoms with Crippen molar-refractivity contribution in [3.8, 4) is 11.1 Å². The number of amides is 1. The number of sulfone groups is 1. The van der Waals surface area contributed by atoms with E-state index in [4.69, 9.17) is 4.42 Å². The van der Waals surface area contributed by atoms with Crippen LogP contribution in [0.3, 0.4) is 0 Å². The van der Waals surface area contributed by atoms with Crippen molar-refractivity contribution in [1.29, 1.82) is 0 Å². The number of nitrogens with one attached hydrogen (secondary N) is 2. The molecule has 0 aliphatic carbocycles. The largest absolute Gasteiger partial charge is 0.422 e. The zero-order valence-corrected chi connectivity index (χ0v) is 20.8. The quantitative estimate of drug-likeness (QED) is 0.378. The van der Waals surface area contributed by atoms with E-state index >= 15 is 0 Å². The Balaban J connectivity index is 1.71. The van der Waals surface area contributed by atoms with Crippen LogP contribution in [-0.2, 0) is 16.4 Å². The first-order valence-corrected chi connectivity index (χ1v) is 13.4. The molecule has 2 aromatic carbocycles. The van der Waals surface area contributed by atoms with Crippen molar-refractivity contribution in [1.82, 2.24) is 25.8 Å². The van der Waals surface area contributed by atoms with Gasteiger partial charge in [-0.05, 0) is 56.3 Å². The van der Waals surface area contributed by atoms with Crippen molar-refractivity contribution in [2.45, 2.75) is 31.7 Å². The predicted octanol–water partition coefficient (Wildman–Crippen LogP) is 3.34. The molecule has 0 radical (unpaired) electrons. The van der Waals surface area contributed by atoms with Gasteiger partial charge in [-0.1, -0.05) is 18.2 Å². The summed E-state index contributed by atoms with van der Waals surface area (Å²) in [6, 6.07) is 13.1. The van der Waals surface area contributed by atoms with Gasteiger partial charge in [0, 0.05) is 17.9 Å². The van der Waals surface area contributed by atoms with Gasteiger partial charge in [0.2, 0.25) is 11.8 Å². The highest BCUT2D eigenvalue weighted by Crippen LogP contribution is 2.36. The van der Waals surface area contributed by atoms with Crippen molar-refractivity contribution in [2.24, 2.45) is 0 Å². The van der Waals surface area contributed by atoms with E-state index in [2.05, 4.69) is 25.8 Å². The van der Waals surface area contributed by atoms with Gasteiger partial charge in [-0.3, -0.25) is 4.79 Å². The maximum atomic E-state index is 12.6. The summed E-state index contributed by atoms with van der Waals surface area (Å²) in [6.07, 6.45) is 1.13. The summed E-state index contributed by atoms with van der Waals surface area (Å²) >= 11 is 1.26. The van der Waals surface area contributed by atoms with Crippen LogP contribution in [0.15, 0.2) is 46.9 Å². The first-order chi connectivity index (χ1) is 16.2. The minimum Gasteiger partial charge on any atom is -0.422 e. The van der Waals surface area contributed by atoms with Crippen LogP contribution in [0, 0.1) is 0 Å². The second-order valence-corrected chi connectivity index (χ2v) is 11.4. The van der Waals surface area contributed by atoms with E-state index in [1.807, 2.05) is 50.2 Å². The normalized spacial score (nSPS) is 12.9. The topological polar surface area (TPSA) is 127 Å². The average Bonchev–Trinajstić information content (AvgIpc) is 3.39. The summed E-state index contributed by atoms with van der Waals surface area (Å²) in [6.45, 7) is 4.16. The average molecular weight is 500 g/mol. The number of carbonyl (C=O) groups is 1. The highest BCUT2D eigenvalue weighted by atomic mass is 32.2. The summed E-state index contributed by atoms with van der Waals surface area (Å²) in [5.41, 5.74) is 3.01. The van der Waals surface area contributed by atoms with Gasteiger partial charge in [-0.15, -0.1) is 21.5 Å². The Morgan fingerprint density at radius 1 is 1.12 bits per heavy atom. The molecule has 0 spiro atoms. The fraction of sp³-hybridized carbons (Fsp3) is 0.304. The second kappa shape index (κ2) is 9.61. The van der Waals surface area contributed by atoms with Crippen molar-refractivity contribution in [2.75, 3.05) is 13.3 Å². The van der Waals surface area contributed by atoms with Crippen LogP contribution in [0.1, 0.15) is 46.2 Å². The molecule has 0 aliphatic rings. The number of hydrogen-bond donors (Lipinski definition) is 2.